The monoisotopic (exact) mass is 292 g/mol. The molecular weight excluding hydrogens is 272 g/mol. The van der Waals surface area contributed by atoms with Crippen LogP contribution >= 0.6 is 0 Å². The maximum absolute atomic E-state index is 12.2. The van der Waals surface area contributed by atoms with Gasteiger partial charge in [-0.2, -0.15) is 0 Å². The van der Waals surface area contributed by atoms with Gasteiger partial charge in [0.1, 0.15) is 5.92 Å². The highest BCUT2D eigenvalue weighted by molar-refractivity contribution is 5.90. The Kier molecular flexibility index (Phi) is 4.80. The third kappa shape index (κ3) is 3.52. The molecular formula is C15H20N2O4. The molecule has 0 radical (unpaired) electrons. The number of nitrogens with zero attached hydrogens (tertiary/aromatic N) is 1. The molecule has 1 aromatic rings. The van der Waals surface area contributed by atoms with Crippen molar-refractivity contribution in [2.45, 2.75) is 19.4 Å². The molecule has 1 heterocycles. The molecule has 1 saturated heterocycles. The van der Waals surface area contributed by atoms with Crippen molar-refractivity contribution in [3.05, 3.63) is 29.8 Å². The van der Waals surface area contributed by atoms with Crippen LogP contribution in [0.1, 0.15) is 12.5 Å². The molecule has 2 atom stereocenters. The highest BCUT2D eigenvalue weighted by atomic mass is 16.5. The Hall–Kier alpha value is -2.08. The number of benzene rings is 1. The van der Waals surface area contributed by atoms with E-state index in [2.05, 4.69) is 5.32 Å². The summed E-state index contributed by atoms with van der Waals surface area (Å²) in [4.78, 5) is 24.8. The Morgan fingerprint density at radius 3 is 2.86 bits per heavy atom. The number of urea groups is 1. The number of hydrogen-bond donors (Lipinski definition) is 2. The van der Waals surface area contributed by atoms with E-state index in [0.29, 0.717) is 5.69 Å². The van der Waals surface area contributed by atoms with Crippen LogP contribution in [0.3, 0.4) is 0 Å². The molecule has 21 heavy (non-hydrogen) atoms. The van der Waals surface area contributed by atoms with Crippen LogP contribution in [-0.4, -0.2) is 48.3 Å². The summed E-state index contributed by atoms with van der Waals surface area (Å²) in [7, 11) is 1.59. The molecule has 1 aliphatic heterocycles. The van der Waals surface area contributed by atoms with E-state index in [1.54, 1.807) is 7.05 Å². The van der Waals surface area contributed by atoms with Crippen LogP contribution in [0.2, 0.25) is 0 Å². The fraction of sp³-hybridized carbons (Fsp3) is 0.467. The maximum atomic E-state index is 12.2. The SMILES string of the molecule is CCc1cccc(NC(=O)N(C)C2COCC2C(=O)O)c1. The van der Waals surface area contributed by atoms with E-state index in [9.17, 15) is 9.59 Å². The third-order valence-electron chi connectivity index (χ3n) is 3.77. The van der Waals surface area contributed by atoms with Crippen LogP contribution < -0.4 is 5.32 Å². The van der Waals surface area contributed by atoms with E-state index in [1.807, 2.05) is 31.2 Å². The van der Waals surface area contributed by atoms with E-state index in [1.165, 1.54) is 4.90 Å². The Balaban J connectivity index is 2.03. The molecule has 0 aromatic heterocycles. The molecule has 0 aliphatic carbocycles. The zero-order chi connectivity index (χ0) is 15.4. The highest BCUT2D eigenvalue weighted by Gasteiger charge is 2.38. The first-order valence-corrected chi connectivity index (χ1v) is 6.96. The second-order valence-corrected chi connectivity index (χ2v) is 5.14. The molecule has 2 N–H and O–H groups in total. The van der Waals surface area contributed by atoms with Crippen LogP contribution in [0.4, 0.5) is 10.5 Å². The second-order valence-electron chi connectivity index (χ2n) is 5.14. The summed E-state index contributed by atoms with van der Waals surface area (Å²) >= 11 is 0. The van der Waals surface area contributed by atoms with Gasteiger partial charge in [-0.25, -0.2) is 4.79 Å². The Bertz CT molecular complexity index is 532. The summed E-state index contributed by atoms with van der Waals surface area (Å²) in [6.45, 7) is 2.43. The smallest absolute Gasteiger partial charge is 0.321 e. The van der Waals surface area contributed by atoms with Crippen molar-refractivity contribution in [2.24, 2.45) is 5.92 Å². The number of amides is 2. The summed E-state index contributed by atoms with van der Waals surface area (Å²) in [5, 5.41) is 11.9. The molecule has 114 valence electrons. The van der Waals surface area contributed by atoms with Gasteiger partial charge in [-0.1, -0.05) is 19.1 Å². The van der Waals surface area contributed by atoms with E-state index < -0.39 is 17.9 Å². The minimum atomic E-state index is -0.940. The summed E-state index contributed by atoms with van der Waals surface area (Å²) in [5.74, 6) is -1.62. The van der Waals surface area contributed by atoms with Crippen LogP contribution in [0.5, 0.6) is 0 Å². The minimum Gasteiger partial charge on any atom is -0.481 e. The first-order valence-electron chi connectivity index (χ1n) is 6.96. The van der Waals surface area contributed by atoms with Crippen LogP contribution in [0.25, 0.3) is 0 Å². The van der Waals surface area contributed by atoms with Gasteiger partial charge in [0.05, 0.1) is 19.3 Å². The zero-order valence-corrected chi connectivity index (χ0v) is 12.2. The molecule has 1 fully saturated rings. The fourth-order valence-corrected chi connectivity index (χ4v) is 2.39. The van der Waals surface area contributed by atoms with E-state index in [0.717, 1.165) is 12.0 Å². The lowest BCUT2D eigenvalue weighted by Crippen LogP contribution is -2.45. The number of rotatable bonds is 4. The molecule has 1 aliphatic rings. The summed E-state index contributed by atoms with van der Waals surface area (Å²) < 4.78 is 5.19. The van der Waals surface area contributed by atoms with Crippen molar-refractivity contribution in [1.82, 2.24) is 4.90 Å². The third-order valence-corrected chi connectivity index (χ3v) is 3.77. The molecule has 0 bridgehead atoms. The molecule has 6 heteroatoms. The van der Waals surface area contributed by atoms with Crippen molar-refractivity contribution >= 4 is 17.7 Å². The van der Waals surface area contributed by atoms with Crippen LogP contribution in [0, 0.1) is 5.92 Å². The van der Waals surface area contributed by atoms with Gasteiger partial charge in [-0.15, -0.1) is 0 Å². The van der Waals surface area contributed by atoms with Gasteiger partial charge < -0.3 is 20.1 Å². The number of aryl methyl sites for hydroxylation is 1. The van der Waals surface area contributed by atoms with E-state index >= 15 is 0 Å². The van der Waals surface area contributed by atoms with Gasteiger partial charge in [0.15, 0.2) is 0 Å². The molecule has 0 spiro atoms. The second kappa shape index (κ2) is 6.58. The standard InChI is InChI=1S/C15H20N2O4/c1-3-10-5-4-6-11(7-10)16-15(20)17(2)13-9-21-8-12(13)14(18)19/h4-7,12-13H,3,8-9H2,1-2H3,(H,16,20)(H,18,19). The van der Waals surface area contributed by atoms with Crippen LogP contribution in [0.15, 0.2) is 24.3 Å². The van der Waals surface area contributed by atoms with Crippen molar-refractivity contribution in [3.63, 3.8) is 0 Å². The number of nitrogens with one attached hydrogen (secondary N) is 1. The van der Waals surface area contributed by atoms with Crippen molar-refractivity contribution < 1.29 is 19.4 Å². The van der Waals surface area contributed by atoms with Crippen molar-refractivity contribution in [1.29, 1.82) is 0 Å². The topological polar surface area (TPSA) is 78.9 Å². The number of carbonyl (C=O) groups is 2. The van der Waals surface area contributed by atoms with Gasteiger partial charge in [-0.3, -0.25) is 4.79 Å². The number of likely N-dealkylation sites (N-methyl/N-ethyl adjacent to an activating group) is 1. The average molecular weight is 292 g/mol. The summed E-state index contributed by atoms with van der Waals surface area (Å²) in [6, 6.07) is 6.82. The Morgan fingerprint density at radius 2 is 2.19 bits per heavy atom. The first kappa shape index (κ1) is 15.3. The first-order chi connectivity index (χ1) is 10.0. The number of aliphatic carboxylic acids is 1. The van der Waals surface area contributed by atoms with Crippen molar-refractivity contribution in [2.75, 3.05) is 25.6 Å². The highest BCUT2D eigenvalue weighted by Crippen LogP contribution is 2.20. The average Bonchev–Trinajstić information content (AvgIpc) is 2.96. The lowest BCUT2D eigenvalue weighted by atomic mass is 10.0. The predicted molar refractivity (Wildman–Crippen MR) is 78.3 cm³/mol. The van der Waals surface area contributed by atoms with Gasteiger partial charge >= 0.3 is 12.0 Å². The molecule has 6 nitrogen and oxygen atoms in total. The van der Waals surface area contributed by atoms with Gasteiger partial charge in [0, 0.05) is 12.7 Å². The Labute approximate surface area is 123 Å². The summed E-state index contributed by atoms with van der Waals surface area (Å²) in [6.07, 6.45) is 0.886. The number of hydrogen-bond acceptors (Lipinski definition) is 3. The van der Waals surface area contributed by atoms with Crippen molar-refractivity contribution in [3.8, 4) is 0 Å². The Morgan fingerprint density at radius 1 is 1.43 bits per heavy atom. The quantitative estimate of drug-likeness (QED) is 0.887. The minimum absolute atomic E-state index is 0.142. The van der Waals surface area contributed by atoms with Crippen LogP contribution in [-0.2, 0) is 16.0 Å². The largest absolute Gasteiger partial charge is 0.481 e. The number of carbonyl (C=O) groups excluding carboxylic acids is 1. The summed E-state index contributed by atoms with van der Waals surface area (Å²) in [5.41, 5.74) is 1.83. The lowest BCUT2D eigenvalue weighted by Gasteiger charge is -2.26. The molecule has 2 unspecified atom stereocenters. The zero-order valence-electron chi connectivity index (χ0n) is 12.2. The fourth-order valence-electron chi connectivity index (χ4n) is 2.39. The molecule has 2 amide bonds. The number of carboxylic acid groups (broad SMARTS) is 1. The number of anilines is 1. The number of carboxylic acids is 1. The maximum Gasteiger partial charge on any atom is 0.321 e. The molecule has 1 aromatic carbocycles. The van der Waals surface area contributed by atoms with Gasteiger partial charge in [0.2, 0.25) is 0 Å². The van der Waals surface area contributed by atoms with E-state index in [4.69, 9.17) is 9.84 Å². The van der Waals surface area contributed by atoms with Gasteiger partial charge in [-0.05, 0) is 24.1 Å². The van der Waals surface area contributed by atoms with Gasteiger partial charge in [0.25, 0.3) is 0 Å². The predicted octanol–water partition coefficient (Wildman–Crippen LogP) is 1.81. The number of ether oxygens (including phenoxy) is 1. The molecule has 0 saturated carbocycles. The van der Waals surface area contributed by atoms with E-state index in [-0.39, 0.29) is 19.2 Å². The molecule has 2 rings (SSSR count). The lowest BCUT2D eigenvalue weighted by molar-refractivity contribution is -0.142. The normalized spacial score (nSPS) is 21.0.